The summed E-state index contributed by atoms with van der Waals surface area (Å²) in [6, 6.07) is 6.66. The molecule has 2 heterocycles. The van der Waals surface area contributed by atoms with Gasteiger partial charge in [0.15, 0.2) is 0 Å². The van der Waals surface area contributed by atoms with E-state index in [1.54, 1.807) is 24.3 Å². The van der Waals surface area contributed by atoms with Gasteiger partial charge in [-0.2, -0.15) is 18.2 Å². The van der Waals surface area contributed by atoms with Gasteiger partial charge in [-0.1, -0.05) is 12.1 Å². The molecular formula is C16H19F3N6. The number of para-hydroxylation sites is 2. The molecule has 0 spiro atoms. The lowest BCUT2D eigenvalue weighted by molar-refractivity contribution is -0.137. The van der Waals surface area contributed by atoms with Crippen molar-refractivity contribution in [3.8, 4) is 0 Å². The van der Waals surface area contributed by atoms with Gasteiger partial charge >= 0.3 is 6.18 Å². The van der Waals surface area contributed by atoms with Crippen LogP contribution in [0.25, 0.3) is 0 Å². The van der Waals surface area contributed by atoms with Gasteiger partial charge in [0.1, 0.15) is 11.4 Å². The van der Waals surface area contributed by atoms with Crippen LogP contribution in [-0.4, -0.2) is 29.1 Å². The third-order valence-electron chi connectivity index (χ3n) is 3.94. The lowest BCUT2D eigenvalue weighted by Gasteiger charge is -2.24. The summed E-state index contributed by atoms with van der Waals surface area (Å²) in [6.45, 7) is 1.66. The minimum Gasteiger partial charge on any atom is -0.397 e. The van der Waals surface area contributed by atoms with Gasteiger partial charge in [-0.3, -0.25) is 0 Å². The number of nitrogens with one attached hydrogen (secondary N) is 3. The first-order valence-corrected chi connectivity index (χ1v) is 7.96. The molecule has 1 aromatic heterocycles. The largest absolute Gasteiger partial charge is 0.421 e. The van der Waals surface area contributed by atoms with Crippen molar-refractivity contribution < 1.29 is 13.2 Å². The van der Waals surface area contributed by atoms with Gasteiger partial charge in [-0.15, -0.1) is 0 Å². The highest BCUT2D eigenvalue weighted by atomic mass is 19.4. The normalized spacial score (nSPS) is 18.0. The molecular weight excluding hydrogens is 333 g/mol. The van der Waals surface area contributed by atoms with Crippen molar-refractivity contribution in [2.45, 2.75) is 25.1 Å². The lowest BCUT2D eigenvalue weighted by Crippen LogP contribution is -2.38. The maximum absolute atomic E-state index is 13.3. The van der Waals surface area contributed by atoms with Crippen molar-refractivity contribution in [1.82, 2.24) is 15.3 Å². The Morgan fingerprint density at radius 1 is 1.24 bits per heavy atom. The van der Waals surface area contributed by atoms with Gasteiger partial charge in [0.05, 0.1) is 11.4 Å². The van der Waals surface area contributed by atoms with Gasteiger partial charge in [0.2, 0.25) is 5.95 Å². The molecule has 1 atom stereocenters. The second-order valence-corrected chi connectivity index (χ2v) is 5.85. The summed E-state index contributed by atoms with van der Waals surface area (Å²) >= 11 is 0. The molecule has 25 heavy (non-hydrogen) atoms. The molecule has 1 aliphatic rings. The Bertz CT molecular complexity index is 728. The average Bonchev–Trinajstić information content (AvgIpc) is 2.57. The minimum atomic E-state index is -4.57. The molecule has 134 valence electrons. The first-order valence-electron chi connectivity index (χ1n) is 7.96. The molecule has 1 saturated heterocycles. The van der Waals surface area contributed by atoms with E-state index in [1.165, 1.54) is 0 Å². The fourth-order valence-corrected chi connectivity index (χ4v) is 2.65. The van der Waals surface area contributed by atoms with E-state index in [0.717, 1.165) is 32.1 Å². The number of anilines is 4. The molecule has 1 aliphatic heterocycles. The van der Waals surface area contributed by atoms with Crippen LogP contribution in [0, 0.1) is 0 Å². The summed E-state index contributed by atoms with van der Waals surface area (Å²) in [7, 11) is 0. The maximum Gasteiger partial charge on any atom is 0.421 e. The Kier molecular flexibility index (Phi) is 4.93. The van der Waals surface area contributed by atoms with E-state index in [1.807, 2.05) is 0 Å². The van der Waals surface area contributed by atoms with Crippen LogP contribution in [0.3, 0.4) is 0 Å². The molecule has 0 bridgehead atoms. The molecule has 0 aliphatic carbocycles. The number of nitrogens with zero attached hydrogens (tertiary/aromatic N) is 2. The minimum absolute atomic E-state index is 0.0835. The Balaban J connectivity index is 1.89. The number of nitrogens with two attached hydrogens (primary N) is 1. The molecule has 0 saturated carbocycles. The molecule has 1 fully saturated rings. The van der Waals surface area contributed by atoms with Crippen LogP contribution in [0.4, 0.5) is 36.3 Å². The smallest absolute Gasteiger partial charge is 0.397 e. The molecule has 0 unspecified atom stereocenters. The Morgan fingerprint density at radius 3 is 2.72 bits per heavy atom. The number of benzene rings is 1. The van der Waals surface area contributed by atoms with Crippen molar-refractivity contribution in [1.29, 1.82) is 0 Å². The quantitative estimate of drug-likeness (QED) is 0.633. The molecule has 0 radical (unpaired) electrons. The van der Waals surface area contributed by atoms with Gasteiger partial charge in [-0.25, -0.2) is 4.98 Å². The molecule has 6 nitrogen and oxygen atoms in total. The number of alkyl halides is 3. The lowest BCUT2D eigenvalue weighted by atomic mass is 10.1. The molecule has 1 aromatic carbocycles. The van der Waals surface area contributed by atoms with Crippen molar-refractivity contribution in [3.63, 3.8) is 0 Å². The van der Waals surface area contributed by atoms with Gasteiger partial charge < -0.3 is 21.7 Å². The summed E-state index contributed by atoms with van der Waals surface area (Å²) in [4.78, 5) is 7.86. The monoisotopic (exact) mass is 352 g/mol. The van der Waals surface area contributed by atoms with Crippen LogP contribution in [0.5, 0.6) is 0 Å². The SMILES string of the molecule is Nc1ccccc1Nc1nc(N[C@H]2CCCNC2)ncc1C(F)(F)F. The van der Waals surface area contributed by atoms with Crippen LogP contribution in [0.2, 0.25) is 0 Å². The third-order valence-corrected chi connectivity index (χ3v) is 3.94. The molecule has 5 N–H and O–H groups in total. The first kappa shape index (κ1) is 17.3. The number of rotatable bonds is 4. The second-order valence-electron chi connectivity index (χ2n) is 5.85. The summed E-state index contributed by atoms with van der Waals surface area (Å²) in [5.74, 6) is -0.176. The first-order chi connectivity index (χ1) is 11.9. The van der Waals surface area contributed by atoms with Crippen molar-refractivity contribution in [3.05, 3.63) is 36.0 Å². The number of piperidine rings is 1. The van der Waals surface area contributed by atoms with Crippen LogP contribution >= 0.6 is 0 Å². The maximum atomic E-state index is 13.3. The van der Waals surface area contributed by atoms with Gasteiger partial charge in [-0.05, 0) is 31.5 Å². The van der Waals surface area contributed by atoms with Crippen LogP contribution in [0.15, 0.2) is 30.5 Å². The molecule has 0 amide bonds. The molecule has 3 rings (SSSR count). The van der Waals surface area contributed by atoms with Crippen molar-refractivity contribution >= 4 is 23.1 Å². The van der Waals surface area contributed by atoms with Crippen molar-refractivity contribution in [2.24, 2.45) is 0 Å². The fraction of sp³-hybridized carbons (Fsp3) is 0.375. The topological polar surface area (TPSA) is 87.9 Å². The number of hydrogen-bond acceptors (Lipinski definition) is 6. The number of nitrogen functional groups attached to an aromatic ring is 1. The summed E-state index contributed by atoms with van der Waals surface area (Å²) in [6.07, 6.45) is -1.89. The van der Waals surface area contributed by atoms with E-state index in [2.05, 4.69) is 25.9 Å². The summed E-state index contributed by atoms with van der Waals surface area (Å²) < 4.78 is 39.8. The highest BCUT2D eigenvalue weighted by Gasteiger charge is 2.35. The predicted molar refractivity (Wildman–Crippen MR) is 90.7 cm³/mol. The Labute approximate surface area is 143 Å². The number of aromatic nitrogens is 2. The Hall–Kier alpha value is -2.55. The van der Waals surface area contributed by atoms with E-state index in [-0.39, 0.29) is 17.8 Å². The van der Waals surface area contributed by atoms with Gasteiger partial charge in [0.25, 0.3) is 0 Å². The highest BCUT2D eigenvalue weighted by molar-refractivity contribution is 5.72. The number of hydrogen-bond donors (Lipinski definition) is 4. The summed E-state index contributed by atoms with van der Waals surface area (Å²) in [5, 5.41) is 8.97. The van der Waals surface area contributed by atoms with Crippen molar-refractivity contribution in [2.75, 3.05) is 29.5 Å². The van der Waals surface area contributed by atoms with E-state index in [4.69, 9.17) is 5.73 Å². The highest BCUT2D eigenvalue weighted by Crippen LogP contribution is 2.35. The van der Waals surface area contributed by atoms with E-state index in [9.17, 15) is 13.2 Å². The zero-order chi connectivity index (χ0) is 17.9. The predicted octanol–water partition coefficient (Wildman–Crippen LogP) is 2.99. The summed E-state index contributed by atoms with van der Waals surface area (Å²) in [5.41, 5.74) is 5.55. The van der Waals surface area contributed by atoms with E-state index in [0.29, 0.717) is 11.4 Å². The van der Waals surface area contributed by atoms with Crippen LogP contribution in [-0.2, 0) is 6.18 Å². The zero-order valence-electron chi connectivity index (χ0n) is 13.4. The van der Waals surface area contributed by atoms with Crippen LogP contribution < -0.4 is 21.7 Å². The zero-order valence-corrected chi connectivity index (χ0v) is 13.4. The standard InChI is InChI=1S/C16H19F3N6/c17-16(18,19)11-9-22-15(23-10-4-3-7-21-8-10)25-14(11)24-13-6-2-1-5-12(13)20/h1-2,5-6,9-10,21H,3-4,7-8,20H2,(H2,22,23,24,25)/t10-/m0/s1. The van der Waals surface area contributed by atoms with Gasteiger partial charge in [0, 0.05) is 18.8 Å². The third kappa shape index (κ3) is 4.30. The molecule has 2 aromatic rings. The Morgan fingerprint density at radius 2 is 2.04 bits per heavy atom. The number of halogens is 3. The average molecular weight is 352 g/mol. The second kappa shape index (κ2) is 7.14. The van der Waals surface area contributed by atoms with Crippen LogP contribution in [0.1, 0.15) is 18.4 Å². The van der Waals surface area contributed by atoms with E-state index >= 15 is 0 Å². The van der Waals surface area contributed by atoms with E-state index < -0.39 is 11.7 Å². The molecule has 9 heteroatoms. The fourth-order valence-electron chi connectivity index (χ4n) is 2.65.